The molecule has 2 heteroatoms. The highest BCUT2D eigenvalue weighted by atomic mass is 16.2. The minimum absolute atomic E-state index is 0.240. The average molecular weight is 225 g/mol. The minimum Gasteiger partial charge on any atom is -0.319 e. The van der Waals surface area contributed by atoms with Crippen molar-refractivity contribution in [3.63, 3.8) is 0 Å². The van der Waals surface area contributed by atoms with Crippen LogP contribution in [0.4, 0.5) is 0 Å². The smallest absolute Gasteiger partial charge is 0.227 e. The Balaban J connectivity index is 1.96. The summed E-state index contributed by atoms with van der Waals surface area (Å²) < 4.78 is 0. The van der Waals surface area contributed by atoms with Gasteiger partial charge in [-0.25, -0.2) is 0 Å². The van der Waals surface area contributed by atoms with Gasteiger partial charge in [-0.15, -0.1) is 0 Å². The highest BCUT2D eigenvalue weighted by Crippen LogP contribution is 2.37. The predicted octanol–water partition coefficient (Wildman–Crippen LogP) is 2.84. The maximum absolute atomic E-state index is 11.6. The Labute approximate surface area is 101 Å². The van der Waals surface area contributed by atoms with Crippen molar-refractivity contribution < 1.29 is 4.79 Å². The zero-order chi connectivity index (χ0) is 11.8. The number of hydrogen-bond donors (Lipinski definition) is 0. The minimum atomic E-state index is 0.240. The Morgan fingerprint density at radius 3 is 2.76 bits per heavy atom. The second-order valence-electron chi connectivity index (χ2n) is 4.68. The predicted molar refractivity (Wildman–Crippen MR) is 68.0 cm³/mol. The van der Waals surface area contributed by atoms with Gasteiger partial charge in [0, 0.05) is 25.1 Å². The molecule has 0 spiro atoms. The zero-order valence-electron chi connectivity index (χ0n) is 9.89. The molecular formula is C15H15NO. The summed E-state index contributed by atoms with van der Waals surface area (Å²) in [7, 11) is 1.88. The number of fused-ring (bicyclic) bond motifs is 1. The largest absolute Gasteiger partial charge is 0.319 e. The lowest BCUT2D eigenvalue weighted by atomic mass is 9.90. The Hall–Kier alpha value is -1.83. The van der Waals surface area contributed by atoms with Gasteiger partial charge in [-0.05, 0) is 23.6 Å². The summed E-state index contributed by atoms with van der Waals surface area (Å²) >= 11 is 0. The van der Waals surface area contributed by atoms with Crippen LogP contribution in [0.1, 0.15) is 18.4 Å². The molecule has 17 heavy (non-hydrogen) atoms. The van der Waals surface area contributed by atoms with Crippen LogP contribution in [-0.4, -0.2) is 17.9 Å². The molecule has 1 aliphatic heterocycles. The molecule has 0 radical (unpaired) electrons. The highest BCUT2D eigenvalue weighted by Gasteiger charge is 2.33. The summed E-state index contributed by atoms with van der Waals surface area (Å²) in [5, 5.41) is 0. The van der Waals surface area contributed by atoms with E-state index >= 15 is 0 Å². The number of nitrogens with zero attached hydrogens (tertiary/aromatic N) is 1. The molecule has 1 saturated heterocycles. The first-order chi connectivity index (χ1) is 8.25. The van der Waals surface area contributed by atoms with Crippen LogP contribution in [-0.2, 0) is 4.79 Å². The quantitative estimate of drug-likeness (QED) is 0.719. The number of hydrogen-bond acceptors (Lipinski definition) is 1. The Morgan fingerprint density at radius 1 is 1.24 bits per heavy atom. The third kappa shape index (κ3) is 1.70. The van der Waals surface area contributed by atoms with E-state index in [0.29, 0.717) is 12.3 Å². The van der Waals surface area contributed by atoms with Crippen molar-refractivity contribution in [1.29, 1.82) is 0 Å². The van der Waals surface area contributed by atoms with E-state index in [1.54, 1.807) is 4.90 Å². The van der Waals surface area contributed by atoms with Crippen LogP contribution in [0, 0.1) is 5.92 Å². The summed E-state index contributed by atoms with van der Waals surface area (Å²) in [6.07, 6.45) is 6.05. The van der Waals surface area contributed by atoms with E-state index < -0.39 is 0 Å². The summed E-state index contributed by atoms with van der Waals surface area (Å²) in [4.78, 5) is 13.5. The van der Waals surface area contributed by atoms with Crippen molar-refractivity contribution in [3.05, 3.63) is 53.7 Å². The van der Waals surface area contributed by atoms with E-state index in [1.165, 1.54) is 16.8 Å². The van der Waals surface area contributed by atoms with Crippen molar-refractivity contribution in [2.24, 2.45) is 5.92 Å². The van der Waals surface area contributed by atoms with Crippen LogP contribution < -0.4 is 0 Å². The third-order valence-electron chi connectivity index (χ3n) is 3.63. The van der Waals surface area contributed by atoms with Gasteiger partial charge in [-0.1, -0.05) is 36.4 Å². The molecule has 1 fully saturated rings. The molecule has 1 atom stereocenters. The van der Waals surface area contributed by atoms with Gasteiger partial charge in [0.25, 0.3) is 0 Å². The first-order valence-corrected chi connectivity index (χ1v) is 5.99. The van der Waals surface area contributed by atoms with Crippen LogP contribution in [0.2, 0.25) is 0 Å². The molecule has 2 aliphatic rings. The fourth-order valence-corrected chi connectivity index (χ4v) is 2.61. The van der Waals surface area contributed by atoms with Gasteiger partial charge >= 0.3 is 0 Å². The van der Waals surface area contributed by atoms with E-state index in [9.17, 15) is 4.79 Å². The summed E-state index contributed by atoms with van der Waals surface area (Å²) in [6, 6.07) is 10.3. The number of rotatable bonds is 1. The van der Waals surface area contributed by atoms with Gasteiger partial charge in [0.15, 0.2) is 0 Å². The van der Waals surface area contributed by atoms with Crippen molar-refractivity contribution in [2.45, 2.75) is 12.8 Å². The van der Waals surface area contributed by atoms with Gasteiger partial charge < -0.3 is 4.90 Å². The Bertz CT molecular complexity index is 513. The third-order valence-corrected chi connectivity index (χ3v) is 3.63. The topological polar surface area (TPSA) is 20.3 Å². The summed E-state index contributed by atoms with van der Waals surface area (Å²) in [5.41, 5.74) is 3.64. The number of carbonyl (C=O) groups is 1. The standard InChI is InChI=1S/C15H15NO/c1-16-14-9-12(11-5-3-2-4-6-11)7-8-13(14)10-15(16)17/h2-7,9,13H,8,10H2,1H3. The molecule has 86 valence electrons. The fourth-order valence-electron chi connectivity index (χ4n) is 2.61. The molecule has 1 unspecified atom stereocenters. The van der Waals surface area contributed by atoms with Crippen LogP contribution in [0.15, 0.2) is 48.2 Å². The number of amides is 1. The number of carbonyl (C=O) groups excluding carboxylic acids is 1. The summed E-state index contributed by atoms with van der Waals surface area (Å²) in [6.45, 7) is 0. The lowest BCUT2D eigenvalue weighted by Crippen LogP contribution is -2.18. The van der Waals surface area contributed by atoms with Crippen LogP contribution in [0.25, 0.3) is 5.57 Å². The number of allylic oxidation sites excluding steroid dienone is 4. The van der Waals surface area contributed by atoms with Gasteiger partial charge in [0.1, 0.15) is 0 Å². The normalized spacial score (nSPS) is 23.2. The van der Waals surface area contributed by atoms with Crippen molar-refractivity contribution in [2.75, 3.05) is 7.05 Å². The molecule has 3 rings (SSSR count). The molecule has 1 aromatic rings. The molecule has 1 heterocycles. The number of likely N-dealkylation sites (tertiary alicyclic amines) is 1. The molecule has 0 aromatic heterocycles. The molecule has 0 N–H and O–H groups in total. The fraction of sp³-hybridized carbons (Fsp3) is 0.267. The highest BCUT2D eigenvalue weighted by molar-refractivity contribution is 5.85. The molecule has 1 aliphatic carbocycles. The Kier molecular flexibility index (Phi) is 2.36. The molecule has 0 saturated carbocycles. The molecule has 2 nitrogen and oxygen atoms in total. The maximum atomic E-state index is 11.6. The summed E-state index contributed by atoms with van der Waals surface area (Å²) in [5.74, 6) is 0.643. The van der Waals surface area contributed by atoms with Gasteiger partial charge in [0.05, 0.1) is 0 Å². The lowest BCUT2D eigenvalue weighted by Gasteiger charge is -2.20. The first kappa shape index (κ1) is 10.3. The first-order valence-electron chi connectivity index (χ1n) is 5.99. The molecular weight excluding hydrogens is 210 g/mol. The van der Waals surface area contributed by atoms with E-state index in [1.807, 2.05) is 25.2 Å². The second kappa shape index (κ2) is 3.88. The number of benzene rings is 1. The molecule has 1 amide bonds. The van der Waals surface area contributed by atoms with Crippen LogP contribution >= 0.6 is 0 Å². The van der Waals surface area contributed by atoms with Crippen LogP contribution in [0.5, 0.6) is 0 Å². The van der Waals surface area contributed by atoms with Gasteiger partial charge in [-0.2, -0.15) is 0 Å². The van der Waals surface area contributed by atoms with Crippen molar-refractivity contribution >= 4 is 11.5 Å². The van der Waals surface area contributed by atoms with E-state index in [4.69, 9.17) is 0 Å². The molecule has 0 bridgehead atoms. The van der Waals surface area contributed by atoms with Crippen molar-refractivity contribution in [1.82, 2.24) is 4.90 Å². The van der Waals surface area contributed by atoms with Gasteiger partial charge in [-0.3, -0.25) is 4.79 Å². The SMILES string of the molecule is CN1C(=O)CC2CC=C(c3ccccc3)C=C21. The zero-order valence-corrected chi connectivity index (χ0v) is 9.89. The van der Waals surface area contributed by atoms with E-state index in [-0.39, 0.29) is 5.91 Å². The Morgan fingerprint density at radius 2 is 2.00 bits per heavy atom. The van der Waals surface area contributed by atoms with Crippen LogP contribution in [0.3, 0.4) is 0 Å². The second-order valence-corrected chi connectivity index (χ2v) is 4.68. The van der Waals surface area contributed by atoms with Gasteiger partial charge in [0.2, 0.25) is 5.91 Å². The maximum Gasteiger partial charge on any atom is 0.227 e. The molecule has 1 aromatic carbocycles. The van der Waals surface area contributed by atoms with E-state index in [0.717, 1.165) is 6.42 Å². The van der Waals surface area contributed by atoms with Crippen molar-refractivity contribution in [3.8, 4) is 0 Å². The average Bonchev–Trinajstić information content (AvgIpc) is 2.66. The monoisotopic (exact) mass is 225 g/mol. The van der Waals surface area contributed by atoms with E-state index in [2.05, 4.69) is 24.3 Å². The lowest BCUT2D eigenvalue weighted by molar-refractivity contribution is -0.125.